The molecule has 154 valence electrons. The molecule has 0 bridgehead atoms. The zero-order valence-corrected chi connectivity index (χ0v) is 19.1. The first-order valence-electron chi connectivity index (χ1n) is 9.88. The second kappa shape index (κ2) is 9.49. The van der Waals surface area contributed by atoms with Crippen molar-refractivity contribution < 1.29 is 4.79 Å². The molecule has 2 fully saturated rings. The van der Waals surface area contributed by atoms with Crippen molar-refractivity contribution in [3.8, 4) is 0 Å². The molecule has 0 spiro atoms. The number of carbonyl (C=O) groups excluding carboxylic acids is 1. The van der Waals surface area contributed by atoms with Crippen LogP contribution in [0.25, 0.3) is 0 Å². The molecule has 0 aliphatic carbocycles. The molecule has 29 heavy (non-hydrogen) atoms. The van der Waals surface area contributed by atoms with Crippen LogP contribution in [-0.2, 0) is 6.42 Å². The lowest BCUT2D eigenvalue weighted by Crippen LogP contribution is -2.39. The molecule has 0 N–H and O–H groups in total. The fourth-order valence-electron chi connectivity index (χ4n) is 4.12. The van der Waals surface area contributed by atoms with E-state index in [1.54, 1.807) is 0 Å². The van der Waals surface area contributed by atoms with Gasteiger partial charge < -0.3 is 9.80 Å². The van der Waals surface area contributed by atoms with Crippen LogP contribution in [0, 0.1) is 5.92 Å². The van der Waals surface area contributed by atoms with E-state index in [0.717, 1.165) is 66.7 Å². The zero-order chi connectivity index (χ0) is 20.4. The quantitative estimate of drug-likeness (QED) is 0.490. The first-order valence-corrected chi connectivity index (χ1v) is 11.9. The molecule has 0 radical (unpaired) electrons. The molecular formula is C22H23Cl3N2OS. The van der Waals surface area contributed by atoms with E-state index in [1.165, 1.54) is 11.8 Å². The summed E-state index contributed by atoms with van der Waals surface area (Å²) in [6, 6.07) is 13.2. The second-order valence-corrected chi connectivity index (χ2v) is 10.3. The molecular weight excluding hydrogens is 447 g/mol. The molecule has 2 aliphatic heterocycles. The molecule has 0 saturated carbocycles. The van der Waals surface area contributed by atoms with Gasteiger partial charge in [-0.1, -0.05) is 46.6 Å². The smallest absolute Gasteiger partial charge is 0.286 e. The molecule has 2 saturated heterocycles. The van der Waals surface area contributed by atoms with E-state index in [1.807, 2.05) is 47.4 Å². The Labute approximate surface area is 191 Å². The van der Waals surface area contributed by atoms with Gasteiger partial charge in [0.2, 0.25) is 0 Å². The van der Waals surface area contributed by atoms with Crippen molar-refractivity contribution in [1.82, 2.24) is 4.90 Å². The molecule has 0 aromatic heterocycles. The number of piperidine rings is 1. The summed E-state index contributed by atoms with van der Waals surface area (Å²) >= 11 is 19.9. The molecule has 1 atom stereocenters. The van der Waals surface area contributed by atoms with Gasteiger partial charge in [-0.2, -0.15) is 0 Å². The Balaban J connectivity index is 1.27. The summed E-state index contributed by atoms with van der Waals surface area (Å²) in [6.45, 7) is 3.83. The Morgan fingerprint density at radius 1 is 0.966 bits per heavy atom. The van der Waals surface area contributed by atoms with E-state index in [2.05, 4.69) is 4.90 Å². The standard InChI is InChI=1S/C22H23Cl3N2OS/c23-17-1-4-19(5-2-17)27-14-20(29-22(27)28)13-26-9-7-15(8-10-26)11-16-12-18(24)3-6-21(16)25/h1-6,12,15,20H,7-11,13-14H2. The Kier molecular flexibility index (Phi) is 6.98. The van der Waals surface area contributed by atoms with Crippen LogP contribution in [0.3, 0.4) is 0 Å². The summed E-state index contributed by atoms with van der Waals surface area (Å²) in [5.74, 6) is 0.630. The minimum atomic E-state index is 0.128. The topological polar surface area (TPSA) is 23.6 Å². The van der Waals surface area contributed by atoms with Crippen molar-refractivity contribution in [2.24, 2.45) is 5.92 Å². The number of rotatable bonds is 5. The Morgan fingerprint density at radius 2 is 1.66 bits per heavy atom. The molecule has 1 unspecified atom stereocenters. The zero-order valence-electron chi connectivity index (χ0n) is 16.0. The van der Waals surface area contributed by atoms with Gasteiger partial charge in [-0.15, -0.1) is 0 Å². The van der Waals surface area contributed by atoms with Crippen molar-refractivity contribution >= 4 is 57.5 Å². The maximum Gasteiger partial charge on any atom is 0.286 e. The van der Waals surface area contributed by atoms with Gasteiger partial charge in [0, 0.05) is 39.1 Å². The highest BCUT2D eigenvalue weighted by Gasteiger charge is 2.33. The van der Waals surface area contributed by atoms with E-state index in [4.69, 9.17) is 34.8 Å². The first kappa shape index (κ1) is 21.3. The molecule has 7 heteroatoms. The van der Waals surface area contributed by atoms with Crippen LogP contribution in [0.2, 0.25) is 15.1 Å². The average Bonchev–Trinajstić information content (AvgIpc) is 3.07. The summed E-state index contributed by atoms with van der Waals surface area (Å²) in [4.78, 5) is 16.8. The van der Waals surface area contributed by atoms with Gasteiger partial charge in [0.15, 0.2) is 0 Å². The fourth-order valence-corrected chi connectivity index (χ4v) is 5.74. The van der Waals surface area contributed by atoms with Crippen LogP contribution in [0.5, 0.6) is 0 Å². The van der Waals surface area contributed by atoms with Gasteiger partial charge in [-0.25, -0.2) is 0 Å². The number of amides is 1. The van der Waals surface area contributed by atoms with E-state index in [0.29, 0.717) is 16.2 Å². The van der Waals surface area contributed by atoms with Crippen LogP contribution in [0.4, 0.5) is 10.5 Å². The van der Waals surface area contributed by atoms with Crippen molar-refractivity contribution in [3.63, 3.8) is 0 Å². The molecule has 4 rings (SSSR count). The number of benzene rings is 2. The number of thioether (sulfide) groups is 1. The Hall–Kier alpha value is -0.910. The molecule has 2 aromatic carbocycles. The largest absolute Gasteiger partial charge is 0.302 e. The summed E-state index contributed by atoms with van der Waals surface area (Å²) in [5.41, 5.74) is 2.07. The fraction of sp³-hybridized carbons (Fsp3) is 0.409. The van der Waals surface area contributed by atoms with Crippen LogP contribution in [0.15, 0.2) is 42.5 Å². The lowest BCUT2D eigenvalue weighted by atomic mass is 9.90. The SMILES string of the molecule is O=C1SC(CN2CCC(Cc3cc(Cl)ccc3Cl)CC2)CN1c1ccc(Cl)cc1. The number of carbonyl (C=O) groups is 1. The predicted molar refractivity (Wildman–Crippen MR) is 125 cm³/mol. The molecule has 2 aromatic rings. The number of hydrogen-bond donors (Lipinski definition) is 0. The van der Waals surface area contributed by atoms with Gasteiger partial charge in [0.1, 0.15) is 0 Å². The highest BCUT2D eigenvalue weighted by atomic mass is 35.5. The molecule has 2 heterocycles. The third-order valence-electron chi connectivity index (χ3n) is 5.70. The third kappa shape index (κ3) is 5.42. The van der Waals surface area contributed by atoms with E-state index in [-0.39, 0.29) is 5.24 Å². The van der Waals surface area contributed by atoms with Crippen LogP contribution in [0.1, 0.15) is 18.4 Å². The Bertz CT molecular complexity index is 869. The van der Waals surface area contributed by atoms with E-state index < -0.39 is 0 Å². The third-order valence-corrected chi connectivity index (χ3v) is 7.61. The Morgan fingerprint density at radius 3 is 2.38 bits per heavy atom. The lowest BCUT2D eigenvalue weighted by Gasteiger charge is -2.33. The average molecular weight is 470 g/mol. The lowest BCUT2D eigenvalue weighted by molar-refractivity contribution is 0.185. The summed E-state index contributed by atoms with van der Waals surface area (Å²) in [7, 11) is 0. The van der Waals surface area contributed by atoms with Crippen LogP contribution in [-0.4, -0.2) is 41.6 Å². The van der Waals surface area contributed by atoms with Crippen molar-refractivity contribution in [1.29, 1.82) is 0 Å². The summed E-state index contributed by atoms with van der Waals surface area (Å²) in [6.07, 6.45) is 3.28. The normalized spacial score (nSPS) is 21.1. The number of anilines is 1. The molecule has 3 nitrogen and oxygen atoms in total. The predicted octanol–water partition coefficient (Wildman–Crippen LogP) is 6.64. The minimum absolute atomic E-state index is 0.128. The minimum Gasteiger partial charge on any atom is -0.302 e. The summed E-state index contributed by atoms with van der Waals surface area (Å²) < 4.78 is 0. The number of hydrogen-bond acceptors (Lipinski definition) is 3. The van der Waals surface area contributed by atoms with Gasteiger partial charge >= 0.3 is 0 Å². The van der Waals surface area contributed by atoms with Crippen LogP contribution < -0.4 is 4.90 Å². The highest BCUT2D eigenvalue weighted by molar-refractivity contribution is 8.14. The van der Waals surface area contributed by atoms with Gasteiger partial charge in [0.05, 0.1) is 0 Å². The molecule has 1 amide bonds. The first-order chi connectivity index (χ1) is 14.0. The number of halogens is 3. The monoisotopic (exact) mass is 468 g/mol. The van der Waals surface area contributed by atoms with Gasteiger partial charge in [0.25, 0.3) is 5.24 Å². The van der Waals surface area contributed by atoms with Gasteiger partial charge in [-0.05, 0) is 86.3 Å². The van der Waals surface area contributed by atoms with Crippen molar-refractivity contribution in [2.75, 3.05) is 31.1 Å². The van der Waals surface area contributed by atoms with Crippen LogP contribution >= 0.6 is 46.6 Å². The van der Waals surface area contributed by atoms with E-state index >= 15 is 0 Å². The summed E-state index contributed by atoms with van der Waals surface area (Å²) in [5, 5.41) is 2.67. The van der Waals surface area contributed by atoms with Crippen molar-refractivity contribution in [3.05, 3.63) is 63.1 Å². The highest BCUT2D eigenvalue weighted by Crippen LogP contribution is 2.33. The maximum atomic E-state index is 12.4. The second-order valence-electron chi connectivity index (χ2n) is 7.78. The number of nitrogens with zero attached hydrogens (tertiary/aromatic N) is 2. The van der Waals surface area contributed by atoms with Gasteiger partial charge in [-0.3, -0.25) is 4.79 Å². The molecule has 2 aliphatic rings. The van der Waals surface area contributed by atoms with Crippen molar-refractivity contribution in [2.45, 2.75) is 24.5 Å². The van der Waals surface area contributed by atoms with E-state index in [9.17, 15) is 4.79 Å². The maximum absolute atomic E-state index is 12.4. The number of likely N-dealkylation sites (tertiary alicyclic amines) is 1.